The second-order valence-electron chi connectivity index (χ2n) is 6.71. The van der Waals surface area contributed by atoms with E-state index in [1.54, 1.807) is 24.4 Å². The fourth-order valence-electron chi connectivity index (χ4n) is 3.05. The van der Waals surface area contributed by atoms with E-state index in [9.17, 15) is 9.59 Å². The van der Waals surface area contributed by atoms with E-state index in [2.05, 4.69) is 10.3 Å². The summed E-state index contributed by atoms with van der Waals surface area (Å²) in [5.74, 6) is 0.294. The fraction of sp³-hybridized carbons (Fsp3) is 0.0870. The summed E-state index contributed by atoms with van der Waals surface area (Å²) in [7, 11) is 0. The van der Waals surface area contributed by atoms with Crippen molar-refractivity contribution in [2.24, 2.45) is 0 Å². The van der Waals surface area contributed by atoms with E-state index < -0.39 is 0 Å². The lowest BCUT2D eigenvalue weighted by Crippen LogP contribution is -2.12. The summed E-state index contributed by atoms with van der Waals surface area (Å²) in [4.78, 5) is 28.2. The van der Waals surface area contributed by atoms with Crippen LogP contribution in [-0.2, 0) is 0 Å². The van der Waals surface area contributed by atoms with Crippen LogP contribution in [-0.4, -0.2) is 10.9 Å². The number of anilines is 1. The average molecular weight is 370 g/mol. The van der Waals surface area contributed by atoms with Crippen molar-refractivity contribution < 1.29 is 9.21 Å². The number of benzene rings is 2. The van der Waals surface area contributed by atoms with Crippen LogP contribution in [0.25, 0.3) is 22.1 Å². The van der Waals surface area contributed by atoms with Gasteiger partial charge in [0.25, 0.3) is 5.91 Å². The van der Waals surface area contributed by atoms with Crippen molar-refractivity contribution in [1.82, 2.24) is 4.98 Å². The SMILES string of the molecule is Cc1ccc(NC(=O)c2ccc(-c3ccc4c(C)cc(=O)oc4c3)cc2)nc1. The smallest absolute Gasteiger partial charge is 0.336 e. The molecule has 0 aliphatic rings. The minimum absolute atomic E-state index is 0.219. The van der Waals surface area contributed by atoms with Crippen molar-refractivity contribution in [2.75, 3.05) is 5.32 Å². The van der Waals surface area contributed by atoms with Crippen LogP contribution >= 0.6 is 0 Å². The molecule has 0 aliphatic carbocycles. The van der Waals surface area contributed by atoms with Crippen LogP contribution < -0.4 is 10.9 Å². The largest absolute Gasteiger partial charge is 0.423 e. The minimum Gasteiger partial charge on any atom is -0.423 e. The van der Waals surface area contributed by atoms with Crippen molar-refractivity contribution in [2.45, 2.75) is 13.8 Å². The number of nitrogens with one attached hydrogen (secondary N) is 1. The zero-order valence-electron chi connectivity index (χ0n) is 15.5. The molecule has 2 aromatic carbocycles. The molecule has 28 heavy (non-hydrogen) atoms. The fourth-order valence-corrected chi connectivity index (χ4v) is 3.05. The van der Waals surface area contributed by atoms with E-state index in [4.69, 9.17) is 4.42 Å². The number of amides is 1. The number of aryl methyl sites for hydroxylation is 2. The second kappa shape index (κ2) is 7.12. The Balaban J connectivity index is 1.59. The highest BCUT2D eigenvalue weighted by molar-refractivity contribution is 6.04. The molecule has 0 spiro atoms. The molecular weight excluding hydrogens is 352 g/mol. The molecule has 0 atom stereocenters. The van der Waals surface area contributed by atoms with Gasteiger partial charge in [-0.2, -0.15) is 0 Å². The van der Waals surface area contributed by atoms with E-state index in [1.165, 1.54) is 6.07 Å². The lowest BCUT2D eigenvalue weighted by molar-refractivity contribution is 0.102. The highest BCUT2D eigenvalue weighted by atomic mass is 16.4. The topological polar surface area (TPSA) is 72.2 Å². The van der Waals surface area contributed by atoms with E-state index in [0.29, 0.717) is 17.0 Å². The lowest BCUT2D eigenvalue weighted by atomic mass is 10.0. The summed E-state index contributed by atoms with van der Waals surface area (Å²) in [6, 6.07) is 18.2. The van der Waals surface area contributed by atoms with Gasteiger partial charge in [-0.25, -0.2) is 9.78 Å². The van der Waals surface area contributed by atoms with Gasteiger partial charge in [0.05, 0.1) is 0 Å². The summed E-state index contributed by atoms with van der Waals surface area (Å²) < 4.78 is 5.31. The molecule has 4 rings (SSSR count). The number of aromatic nitrogens is 1. The van der Waals surface area contributed by atoms with Crippen LogP contribution in [0.4, 0.5) is 5.82 Å². The molecule has 2 aromatic heterocycles. The normalized spacial score (nSPS) is 10.8. The van der Waals surface area contributed by atoms with Gasteiger partial charge in [-0.15, -0.1) is 0 Å². The molecule has 138 valence electrons. The molecule has 0 bridgehead atoms. The van der Waals surface area contributed by atoms with Crippen molar-refractivity contribution >= 4 is 22.7 Å². The molecule has 4 aromatic rings. The predicted molar refractivity (Wildman–Crippen MR) is 110 cm³/mol. The predicted octanol–water partition coefficient (Wildman–Crippen LogP) is 4.72. The number of rotatable bonds is 3. The van der Waals surface area contributed by atoms with E-state index in [0.717, 1.165) is 27.6 Å². The van der Waals surface area contributed by atoms with Crippen molar-refractivity contribution in [1.29, 1.82) is 0 Å². The Morgan fingerprint density at radius 3 is 2.39 bits per heavy atom. The van der Waals surface area contributed by atoms with E-state index in [-0.39, 0.29) is 11.5 Å². The third-order valence-corrected chi connectivity index (χ3v) is 4.58. The van der Waals surface area contributed by atoms with Gasteiger partial charge in [0, 0.05) is 23.2 Å². The number of fused-ring (bicyclic) bond motifs is 1. The maximum Gasteiger partial charge on any atom is 0.336 e. The first-order valence-electron chi connectivity index (χ1n) is 8.88. The quantitative estimate of drug-likeness (QED) is 0.530. The number of nitrogens with zero attached hydrogens (tertiary/aromatic N) is 1. The molecule has 0 radical (unpaired) electrons. The summed E-state index contributed by atoms with van der Waals surface area (Å²) in [6.45, 7) is 3.83. The van der Waals surface area contributed by atoms with Crippen LogP contribution in [0.3, 0.4) is 0 Å². The maximum atomic E-state index is 12.4. The third-order valence-electron chi connectivity index (χ3n) is 4.58. The zero-order chi connectivity index (χ0) is 19.7. The van der Waals surface area contributed by atoms with Crippen LogP contribution in [0.1, 0.15) is 21.5 Å². The van der Waals surface area contributed by atoms with E-state index in [1.807, 2.05) is 50.2 Å². The van der Waals surface area contributed by atoms with Gasteiger partial charge in [0.1, 0.15) is 11.4 Å². The Hall–Kier alpha value is -3.73. The van der Waals surface area contributed by atoms with Gasteiger partial charge in [-0.1, -0.05) is 30.3 Å². The first-order chi connectivity index (χ1) is 13.5. The second-order valence-corrected chi connectivity index (χ2v) is 6.71. The standard InChI is InChI=1S/C23H18N2O3/c1-14-3-10-21(24-13-14)25-23(27)17-6-4-16(5-7-17)18-8-9-19-15(2)11-22(26)28-20(19)12-18/h3-13H,1-2H3,(H,24,25,27). The maximum absolute atomic E-state index is 12.4. The first-order valence-corrected chi connectivity index (χ1v) is 8.88. The van der Waals surface area contributed by atoms with Crippen molar-refractivity contribution in [3.63, 3.8) is 0 Å². The van der Waals surface area contributed by atoms with Gasteiger partial charge in [0.15, 0.2) is 0 Å². The Morgan fingerprint density at radius 2 is 1.68 bits per heavy atom. The lowest BCUT2D eigenvalue weighted by Gasteiger charge is -2.07. The van der Waals surface area contributed by atoms with Crippen LogP contribution in [0.15, 0.2) is 76.1 Å². The van der Waals surface area contributed by atoms with Crippen molar-refractivity contribution in [3.05, 3.63) is 94.0 Å². The molecule has 0 saturated carbocycles. The molecule has 5 nitrogen and oxygen atoms in total. The molecule has 0 unspecified atom stereocenters. The van der Waals surface area contributed by atoms with Gasteiger partial charge >= 0.3 is 5.63 Å². The van der Waals surface area contributed by atoms with Crippen LogP contribution in [0.5, 0.6) is 0 Å². The van der Waals surface area contributed by atoms with Gasteiger partial charge in [0.2, 0.25) is 0 Å². The number of carbonyl (C=O) groups is 1. The number of hydrogen-bond donors (Lipinski definition) is 1. The van der Waals surface area contributed by atoms with Gasteiger partial charge in [-0.3, -0.25) is 4.79 Å². The Labute approximate surface area is 161 Å². The van der Waals surface area contributed by atoms with Gasteiger partial charge < -0.3 is 9.73 Å². The van der Waals surface area contributed by atoms with E-state index >= 15 is 0 Å². The molecule has 1 amide bonds. The Bertz CT molecular complexity index is 1220. The average Bonchev–Trinajstić information content (AvgIpc) is 2.69. The molecular formula is C23H18N2O3. The Morgan fingerprint density at radius 1 is 0.929 bits per heavy atom. The van der Waals surface area contributed by atoms with Crippen LogP contribution in [0.2, 0.25) is 0 Å². The summed E-state index contributed by atoms with van der Waals surface area (Å²) in [6.07, 6.45) is 1.71. The Kier molecular flexibility index (Phi) is 4.49. The molecule has 2 heterocycles. The number of hydrogen-bond acceptors (Lipinski definition) is 4. The first kappa shape index (κ1) is 17.7. The van der Waals surface area contributed by atoms with Crippen molar-refractivity contribution in [3.8, 4) is 11.1 Å². The minimum atomic E-state index is -0.362. The number of pyridine rings is 1. The summed E-state index contributed by atoms with van der Waals surface area (Å²) in [5, 5.41) is 3.69. The molecule has 0 fully saturated rings. The third kappa shape index (κ3) is 3.55. The summed E-state index contributed by atoms with van der Waals surface area (Å²) >= 11 is 0. The van der Waals surface area contributed by atoms with Crippen LogP contribution in [0, 0.1) is 13.8 Å². The monoisotopic (exact) mass is 370 g/mol. The number of carbonyl (C=O) groups excluding carboxylic acids is 1. The zero-order valence-corrected chi connectivity index (χ0v) is 15.5. The molecule has 0 saturated heterocycles. The highest BCUT2D eigenvalue weighted by Crippen LogP contribution is 2.25. The highest BCUT2D eigenvalue weighted by Gasteiger charge is 2.09. The summed E-state index contributed by atoms with van der Waals surface area (Å²) in [5.41, 5.74) is 4.48. The molecule has 5 heteroatoms. The molecule has 0 aliphatic heterocycles. The molecule has 1 N–H and O–H groups in total. The van der Waals surface area contributed by atoms with Gasteiger partial charge in [-0.05, 0) is 60.4 Å².